The van der Waals surface area contributed by atoms with Crippen molar-refractivity contribution in [3.63, 3.8) is 0 Å². The van der Waals surface area contributed by atoms with Crippen molar-refractivity contribution in [1.29, 1.82) is 0 Å². The summed E-state index contributed by atoms with van der Waals surface area (Å²) >= 11 is 1.21. The third kappa shape index (κ3) is 3.81. The van der Waals surface area contributed by atoms with E-state index in [2.05, 4.69) is 16.9 Å². The lowest BCUT2D eigenvalue weighted by atomic mass is 10.4. The van der Waals surface area contributed by atoms with Crippen LogP contribution in [-0.2, 0) is 11.8 Å². The summed E-state index contributed by atoms with van der Waals surface area (Å²) < 4.78 is 1.70. The minimum atomic E-state index is 0.0929. The maximum absolute atomic E-state index is 10.5. The van der Waals surface area contributed by atoms with Gasteiger partial charge in [0.15, 0.2) is 5.12 Å². The monoisotopic (exact) mass is 194 g/mol. The fraction of sp³-hybridized carbons (Fsp3) is 0.333. The van der Waals surface area contributed by atoms with Crippen LogP contribution in [0.3, 0.4) is 0 Å². The molecule has 0 unspecified atom stereocenters. The van der Waals surface area contributed by atoms with Crippen LogP contribution in [0, 0.1) is 11.8 Å². The van der Waals surface area contributed by atoms with Gasteiger partial charge in [-0.25, -0.2) is 0 Å². The van der Waals surface area contributed by atoms with Gasteiger partial charge in [-0.2, -0.15) is 5.10 Å². The minimum absolute atomic E-state index is 0.0929. The highest BCUT2D eigenvalue weighted by molar-refractivity contribution is 8.13. The maximum atomic E-state index is 10.5. The summed E-state index contributed by atoms with van der Waals surface area (Å²) in [5.41, 5.74) is 0.742. The van der Waals surface area contributed by atoms with Gasteiger partial charge in [-0.15, -0.1) is 0 Å². The number of hydrogen-bond donors (Lipinski definition) is 0. The highest BCUT2D eigenvalue weighted by atomic mass is 32.2. The highest BCUT2D eigenvalue weighted by Crippen LogP contribution is 1.98. The molecule has 0 radical (unpaired) electrons. The van der Waals surface area contributed by atoms with E-state index in [4.69, 9.17) is 0 Å². The Morgan fingerprint density at radius 3 is 3.08 bits per heavy atom. The predicted octanol–water partition coefficient (Wildman–Crippen LogP) is 1.05. The summed E-state index contributed by atoms with van der Waals surface area (Å²) in [6.45, 7) is 1.53. The number of rotatable bonds is 1. The van der Waals surface area contributed by atoms with Gasteiger partial charge < -0.3 is 0 Å². The summed E-state index contributed by atoms with van der Waals surface area (Å²) in [6.07, 6.45) is 1.84. The molecular weight excluding hydrogens is 184 g/mol. The second-order valence-corrected chi connectivity index (χ2v) is 3.61. The van der Waals surface area contributed by atoms with Gasteiger partial charge in [0, 0.05) is 20.2 Å². The smallest absolute Gasteiger partial charge is 0.186 e. The van der Waals surface area contributed by atoms with E-state index in [1.165, 1.54) is 18.7 Å². The third-order valence-electron chi connectivity index (χ3n) is 1.28. The Kier molecular flexibility index (Phi) is 3.59. The van der Waals surface area contributed by atoms with Crippen LogP contribution in [0.1, 0.15) is 12.6 Å². The average molecular weight is 194 g/mol. The van der Waals surface area contributed by atoms with Gasteiger partial charge in [-0.05, 0) is 12.0 Å². The first kappa shape index (κ1) is 9.87. The number of carbonyl (C=O) groups excluding carboxylic acids is 1. The molecule has 4 heteroatoms. The second-order valence-electron chi connectivity index (χ2n) is 2.46. The van der Waals surface area contributed by atoms with Crippen molar-refractivity contribution in [2.45, 2.75) is 6.92 Å². The van der Waals surface area contributed by atoms with Gasteiger partial charge in [0.05, 0.1) is 5.75 Å². The lowest BCUT2D eigenvalue weighted by Crippen LogP contribution is -1.87. The zero-order valence-corrected chi connectivity index (χ0v) is 8.39. The van der Waals surface area contributed by atoms with Crippen LogP contribution in [0.15, 0.2) is 12.3 Å². The van der Waals surface area contributed by atoms with E-state index in [0.717, 1.165) is 5.69 Å². The Hall–Kier alpha value is -1.21. The first-order valence-corrected chi connectivity index (χ1v) is 4.79. The molecule has 0 fully saturated rings. The highest BCUT2D eigenvalue weighted by Gasteiger charge is 1.90. The van der Waals surface area contributed by atoms with Crippen LogP contribution >= 0.6 is 11.8 Å². The van der Waals surface area contributed by atoms with Crippen molar-refractivity contribution in [3.8, 4) is 11.8 Å². The molecule has 0 amide bonds. The van der Waals surface area contributed by atoms with Gasteiger partial charge in [0.2, 0.25) is 0 Å². The molecule has 0 bridgehead atoms. The molecule has 1 aromatic rings. The molecule has 0 aliphatic carbocycles. The van der Waals surface area contributed by atoms with Gasteiger partial charge in [-0.3, -0.25) is 9.48 Å². The van der Waals surface area contributed by atoms with Crippen molar-refractivity contribution in [1.82, 2.24) is 9.78 Å². The van der Waals surface area contributed by atoms with Crippen LogP contribution in [-0.4, -0.2) is 20.6 Å². The first-order valence-electron chi connectivity index (χ1n) is 3.80. The molecule has 0 aromatic carbocycles. The van der Waals surface area contributed by atoms with Gasteiger partial charge >= 0.3 is 0 Å². The summed E-state index contributed by atoms with van der Waals surface area (Å²) in [4.78, 5) is 10.5. The van der Waals surface area contributed by atoms with Gasteiger partial charge in [0.25, 0.3) is 0 Å². The number of nitrogens with zero attached hydrogens (tertiary/aromatic N) is 2. The van der Waals surface area contributed by atoms with E-state index >= 15 is 0 Å². The van der Waals surface area contributed by atoms with Crippen molar-refractivity contribution in [2.75, 3.05) is 5.75 Å². The molecule has 0 atom stereocenters. The topological polar surface area (TPSA) is 34.9 Å². The first-order chi connectivity index (χ1) is 6.18. The normalized spacial score (nSPS) is 9.08. The van der Waals surface area contributed by atoms with Crippen LogP contribution < -0.4 is 0 Å². The Morgan fingerprint density at radius 1 is 1.77 bits per heavy atom. The van der Waals surface area contributed by atoms with E-state index in [1.807, 2.05) is 19.3 Å². The Morgan fingerprint density at radius 2 is 2.54 bits per heavy atom. The Labute approximate surface area is 81.5 Å². The van der Waals surface area contributed by atoms with Crippen molar-refractivity contribution < 1.29 is 4.79 Å². The van der Waals surface area contributed by atoms with E-state index in [-0.39, 0.29) is 5.12 Å². The fourth-order valence-electron chi connectivity index (χ4n) is 0.746. The zero-order chi connectivity index (χ0) is 9.68. The summed E-state index contributed by atoms with van der Waals surface area (Å²) in [5, 5.41) is 4.17. The summed E-state index contributed by atoms with van der Waals surface area (Å²) in [7, 11) is 1.84. The van der Waals surface area contributed by atoms with Crippen LogP contribution in [0.4, 0.5) is 0 Å². The van der Waals surface area contributed by atoms with Crippen LogP contribution in [0.5, 0.6) is 0 Å². The molecule has 0 aliphatic rings. The second kappa shape index (κ2) is 4.73. The quantitative estimate of drug-likeness (QED) is 0.627. The molecule has 0 N–H and O–H groups in total. The van der Waals surface area contributed by atoms with Crippen LogP contribution in [0.25, 0.3) is 0 Å². The molecule has 0 saturated heterocycles. The number of aryl methyl sites for hydroxylation is 1. The van der Waals surface area contributed by atoms with E-state index in [9.17, 15) is 4.79 Å². The number of hydrogen-bond acceptors (Lipinski definition) is 3. The van der Waals surface area contributed by atoms with E-state index in [0.29, 0.717) is 5.75 Å². The third-order valence-corrected chi connectivity index (χ3v) is 1.97. The molecule has 0 saturated carbocycles. The Bertz CT molecular complexity index is 359. The lowest BCUT2D eigenvalue weighted by Gasteiger charge is -1.84. The summed E-state index contributed by atoms with van der Waals surface area (Å²) in [5.74, 6) is 6.26. The van der Waals surface area contributed by atoms with Gasteiger partial charge in [0.1, 0.15) is 5.69 Å². The van der Waals surface area contributed by atoms with Crippen molar-refractivity contribution in [3.05, 3.63) is 18.0 Å². The van der Waals surface area contributed by atoms with E-state index < -0.39 is 0 Å². The maximum Gasteiger partial charge on any atom is 0.186 e. The number of carbonyl (C=O) groups is 1. The van der Waals surface area contributed by atoms with Crippen molar-refractivity contribution in [2.24, 2.45) is 7.05 Å². The molecule has 1 rings (SSSR count). The minimum Gasteiger partial charge on any atom is -0.288 e. The molecule has 13 heavy (non-hydrogen) atoms. The lowest BCUT2D eigenvalue weighted by molar-refractivity contribution is -0.109. The fourth-order valence-corrected chi connectivity index (χ4v) is 1.09. The Balaban J connectivity index is 2.44. The van der Waals surface area contributed by atoms with Crippen molar-refractivity contribution >= 4 is 16.9 Å². The number of thioether (sulfide) groups is 1. The molecule has 0 spiro atoms. The number of aromatic nitrogens is 2. The van der Waals surface area contributed by atoms with Gasteiger partial charge in [-0.1, -0.05) is 17.7 Å². The molecule has 1 aromatic heterocycles. The molecule has 1 heterocycles. The molecular formula is C9H10N2OS. The largest absolute Gasteiger partial charge is 0.288 e. The average Bonchev–Trinajstić information content (AvgIpc) is 2.45. The van der Waals surface area contributed by atoms with Crippen LogP contribution in [0.2, 0.25) is 0 Å². The summed E-state index contributed by atoms with van der Waals surface area (Å²) in [6, 6.07) is 1.84. The molecule has 68 valence electrons. The SMILES string of the molecule is CC(=O)SCC#Cc1ccn(C)n1. The van der Waals surface area contributed by atoms with E-state index in [1.54, 1.807) is 4.68 Å². The predicted molar refractivity (Wildman–Crippen MR) is 53.2 cm³/mol. The standard InChI is InChI=1S/C9H10N2OS/c1-8(12)13-7-3-4-9-5-6-11(2)10-9/h5-6H,7H2,1-2H3. The zero-order valence-electron chi connectivity index (χ0n) is 7.57. The molecule has 0 aliphatic heterocycles. The molecule has 3 nitrogen and oxygen atoms in total.